The van der Waals surface area contributed by atoms with Gasteiger partial charge in [0, 0.05) is 13.0 Å². The number of rotatable bonds is 5. The van der Waals surface area contributed by atoms with Crippen molar-refractivity contribution in [3.05, 3.63) is 46.3 Å². The van der Waals surface area contributed by atoms with Gasteiger partial charge in [-0.2, -0.15) is 0 Å². The molecule has 0 bridgehead atoms. The van der Waals surface area contributed by atoms with Crippen molar-refractivity contribution in [1.29, 1.82) is 0 Å². The first kappa shape index (κ1) is 14.5. The molecule has 20 heavy (non-hydrogen) atoms. The molecule has 1 heterocycles. The highest BCUT2D eigenvalue weighted by Gasteiger charge is 2.12. The minimum Gasteiger partial charge on any atom is -0.397 e. The van der Waals surface area contributed by atoms with Gasteiger partial charge in [0.2, 0.25) is 0 Å². The number of nitrogen functional groups attached to an aromatic ring is 1. The zero-order valence-electron chi connectivity index (χ0n) is 10.9. The van der Waals surface area contributed by atoms with E-state index in [2.05, 4.69) is 5.32 Å². The Morgan fingerprint density at radius 3 is 2.70 bits per heavy atom. The topological polar surface area (TPSA) is 55.1 Å². The molecule has 1 aromatic heterocycles. The lowest BCUT2D eigenvalue weighted by Crippen LogP contribution is -1.99. The molecule has 0 saturated carbocycles. The van der Waals surface area contributed by atoms with E-state index in [-0.39, 0.29) is 5.78 Å². The smallest absolute Gasteiger partial charge is 0.174 e. The van der Waals surface area contributed by atoms with Crippen molar-refractivity contribution < 1.29 is 13.6 Å². The van der Waals surface area contributed by atoms with E-state index in [1.165, 1.54) is 17.4 Å². The summed E-state index contributed by atoms with van der Waals surface area (Å²) in [5.41, 5.74) is 6.82. The van der Waals surface area contributed by atoms with Crippen LogP contribution in [0.1, 0.15) is 28.6 Å². The van der Waals surface area contributed by atoms with E-state index < -0.39 is 11.6 Å². The average Bonchev–Trinajstić information content (AvgIpc) is 2.80. The molecule has 3 nitrogen and oxygen atoms in total. The van der Waals surface area contributed by atoms with Gasteiger partial charge in [0.25, 0.3) is 0 Å². The van der Waals surface area contributed by atoms with Crippen molar-refractivity contribution in [3.63, 3.8) is 0 Å². The molecule has 6 heteroatoms. The second-order valence-electron chi connectivity index (χ2n) is 4.27. The highest BCUT2D eigenvalue weighted by atomic mass is 32.1. The summed E-state index contributed by atoms with van der Waals surface area (Å²) in [7, 11) is 0. The Balaban J connectivity index is 2.07. The predicted octanol–water partition coefficient (Wildman–Crippen LogP) is 3.81. The lowest BCUT2D eigenvalue weighted by Gasteiger charge is -2.04. The number of hydrogen-bond acceptors (Lipinski definition) is 4. The number of carbonyl (C=O) groups is 1. The molecule has 0 unspecified atom stereocenters. The highest BCUT2D eigenvalue weighted by Crippen LogP contribution is 2.30. The molecule has 0 aliphatic heterocycles. The number of thiophene rings is 1. The van der Waals surface area contributed by atoms with Crippen molar-refractivity contribution in [3.8, 4) is 0 Å². The van der Waals surface area contributed by atoms with Crippen molar-refractivity contribution in [2.45, 2.75) is 19.9 Å². The lowest BCUT2D eigenvalue weighted by atomic mass is 10.2. The maximum absolute atomic E-state index is 13.1. The molecule has 0 spiro atoms. The van der Waals surface area contributed by atoms with Gasteiger partial charge >= 0.3 is 0 Å². The first-order valence-electron chi connectivity index (χ1n) is 6.11. The van der Waals surface area contributed by atoms with Gasteiger partial charge in [-0.05, 0) is 23.8 Å². The summed E-state index contributed by atoms with van der Waals surface area (Å²) >= 11 is 1.27. The Kier molecular flexibility index (Phi) is 4.34. The second kappa shape index (κ2) is 6.00. The summed E-state index contributed by atoms with van der Waals surface area (Å²) in [6, 6.07) is 5.40. The summed E-state index contributed by atoms with van der Waals surface area (Å²) in [5.74, 6) is -1.75. The van der Waals surface area contributed by atoms with E-state index in [0.717, 1.165) is 17.1 Å². The van der Waals surface area contributed by atoms with Gasteiger partial charge in [0.05, 0.1) is 15.6 Å². The number of Topliss-reactive ketones (excluding diaryl/α,β-unsaturated/α-hetero) is 1. The summed E-state index contributed by atoms with van der Waals surface area (Å²) in [6.45, 7) is 2.10. The van der Waals surface area contributed by atoms with Gasteiger partial charge in [-0.15, -0.1) is 11.3 Å². The van der Waals surface area contributed by atoms with E-state index >= 15 is 0 Å². The summed E-state index contributed by atoms with van der Waals surface area (Å²) < 4.78 is 25.9. The van der Waals surface area contributed by atoms with E-state index in [4.69, 9.17) is 5.73 Å². The van der Waals surface area contributed by atoms with Crippen molar-refractivity contribution in [2.24, 2.45) is 0 Å². The molecule has 0 fully saturated rings. The summed E-state index contributed by atoms with van der Waals surface area (Å²) in [5, 5.41) is 3.77. The normalized spacial score (nSPS) is 10.6. The van der Waals surface area contributed by atoms with Gasteiger partial charge in [-0.25, -0.2) is 8.78 Å². The molecule has 2 rings (SSSR count). The van der Waals surface area contributed by atoms with Crippen LogP contribution in [0.3, 0.4) is 0 Å². The first-order valence-corrected chi connectivity index (χ1v) is 6.93. The van der Waals surface area contributed by atoms with Gasteiger partial charge in [0.15, 0.2) is 17.4 Å². The molecule has 106 valence electrons. The van der Waals surface area contributed by atoms with Crippen molar-refractivity contribution in [1.82, 2.24) is 0 Å². The number of halogens is 2. The Labute approximate surface area is 119 Å². The van der Waals surface area contributed by atoms with Gasteiger partial charge in [-0.3, -0.25) is 4.79 Å². The second-order valence-corrected chi connectivity index (χ2v) is 5.33. The van der Waals surface area contributed by atoms with Crippen LogP contribution in [-0.4, -0.2) is 5.78 Å². The van der Waals surface area contributed by atoms with E-state index in [0.29, 0.717) is 29.1 Å². The third-order valence-corrected chi connectivity index (χ3v) is 3.94. The number of anilines is 2. The van der Waals surface area contributed by atoms with E-state index in [1.807, 2.05) is 0 Å². The summed E-state index contributed by atoms with van der Waals surface area (Å²) in [4.78, 5) is 12.1. The van der Waals surface area contributed by atoms with Crippen molar-refractivity contribution in [2.75, 3.05) is 11.1 Å². The van der Waals surface area contributed by atoms with E-state index in [9.17, 15) is 13.6 Å². The fraction of sp³-hybridized carbons (Fsp3) is 0.214. The van der Waals surface area contributed by atoms with Crippen LogP contribution in [0.2, 0.25) is 0 Å². The van der Waals surface area contributed by atoms with Crippen LogP contribution < -0.4 is 11.1 Å². The van der Waals surface area contributed by atoms with Gasteiger partial charge in [0.1, 0.15) is 0 Å². The SMILES string of the molecule is CCC(=O)c1sc(NCc2ccc(F)c(F)c2)cc1N. The molecule has 0 radical (unpaired) electrons. The Morgan fingerprint density at radius 1 is 1.30 bits per heavy atom. The van der Waals surface area contributed by atoms with Crippen LogP contribution in [0.25, 0.3) is 0 Å². The Bertz CT molecular complexity index is 640. The third kappa shape index (κ3) is 3.14. The number of ketones is 1. The minimum absolute atomic E-state index is 0.00613. The quantitative estimate of drug-likeness (QED) is 0.825. The fourth-order valence-corrected chi connectivity index (χ4v) is 2.69. The van der Waals surface area contributed by atoms with Gasteiger partial charge in [-0.1, -0.05) is 13.0 Å². The standard InChI is InChI=1S/C14H14F2N2OS/c1-2-12(19)14-11(17)6-13(20-14)18-7-8-3-4-9(15)10(16)5-8/h3-6,18H,2,7,17H2,1H3. The maximum atomic E-state index is 13.1. The molecule has 2 aromatic rings. The van der Waals surface area contributed by atoms with Crippen molar-refractivity contribution >= 4 is 27.8 Å². The number of hydrogen-bond donors (Lipinski definition) is 2. The van der Waals surface area contributed by atoms with Crippen LogP contribution in [0.4, 0.5) is 19.5 Å². The van der Waals surface area contributed by atoms with Crippen LogP contribution in [0, 0.1) is 11.6 Å². The lowest BCUT2D eigenvalue weighted by molar-refractivity contribution is 0.0993. The molecule has 0 atom stereocenters. The predicted molar refractivity (Wildman–Crippen MR) is 77.0 cm³/mol. The average molecular weight is 296 g/mol. The van der Waals surface area contributed by atoms with E-state index in [1.54, 1.807) is 13.0 Å². The molecule has 0 amide bonds. The number of nitrogens with one attached hydrogen (secondary N) is 1. The zero-order valence-corrected chi connectivity index (χ0v) is 11.7. The minimum atomic E-state index is -0.878. The molecule has 1 aromatic carbocycles. The first-order chi connectivity index (χ1) is 9.51. The van der Waals surface area contributed by atoms with Crippen LogP contribution in [-0.2, 0) is 6.54 Å². The molecular weight excluding hydrogens is 282 g/mol. The summed E-state index contributed by atoms with van der Waals surface area (Å²) in [6.07, 6.45) is 0.396. The number of benzene rings is 1. The molecular formula is C14H14F2N2OS. The van der Waals surface area contributed by atoms with Crippen LogP contribution >= 0.6 is 11.3 Å². The largest absolute Gasteiger partial charge is 0.397 e. The third-order valence-electron chi connectivity index (χ3n) is 2.79. The molecule has 0 aliphatic rings. The molecule has 0 saturated heterocycles. The fourth-order valence-electron chi connectivity index (χ4n) is 1.71. The van der Waals surface area contributed by atoms with Gasteiger partial charge < -0.3 is 11.1 Å². The van der Waals surface area contributed by atoms with Crippen LogP contribution in [0.5, 0.6) is 0 Å². The van der Waals surface area contributed by atoms with Crippen LogP contribution in [0.15, 0.2) is 24.3 Å². The molecule has 3 N–H and O–H groups in total. The number of nitrogens with two attached hydrogens (primary N) is 1. The highest BCUT2D eigenvalue weighted by molar-refractivity contribution is 7.18. The monoisotopic (exact) mass is 296 g/mol. The Hall–Kier alpha value is -1.95. The zero-order chi connectivity index (χ0) is 14.7. The maximum Gasteiger partial charge on any atom is 0.174 e. The number of carbonyl (C=O) groups excluding carboxylic acids is 1. The molecule has 0 aliphatic carbocycles. The Morgan fingerprint density at radius 2 is 2.05 bits per heavy atom.